The van der Waals surface area contributed by atoms with Gasteiger partial charge in [-0.2, -0.15) is 0 Å². The molecule has 6 heteroatoms. The van der Waals surface area contributed by atoms with Crippen LogP contribution in [0.5, 0.6) is 0 Å². The van der Waals surface area contributed by atoms with Gasteiger partial charge in [0.25, 0.3) is 0 Å². The van der Waals surface area contributed by atoms with Crippen LogP contribution in [0.15, 0.2) is 42.7 Å². The Morgan fingerprint density at radius 1 is 1.00 bits per heavy atom. The number of anilines is 1. The highest BCUT2D eigenvalue weighted by Crippen LogP contribution is 2.36. The molecule has 2 aromatic rings. The number of hydrogen-bond acceptors (Lipinski definition) is 5. The van der Waals surface area contributed by atoms with Gasteiger partial charge in [-0.05, 0) is 57.4 Å². The van der Waals surface area contributed by atoms with Gasteiger partial charge in [0.1, 0.15) is 5.82 Å². The topological polar surface area (TPSA) is 56.3 Å². The zero-order chi connectivity index (χ0) is 16.5. The van der Waals surface area contributed by atoms with Crippen molar-refractivity contribution in [2.75, 3.05) is 5.32 Å². The molecule has 23 heavy (non-hydrogen) atoms. The molecule has 0 amide bonds. The number of rotatable bonds is 4. The molecule has 0 spiro atoms. The molecular weight excluding hydrogens is 289 g/mol. The molecule has 0 radical (unpaired) electrons. The standard InChI is InChI=1S/C17H22BN3O2/c1-16(2)17(3,4)23-18(22-16)13-8-10-20-15(11-13)21-12-14-7-5-6-9-19-14/h5-11H,12H2,1-4H3,(H,20,21). The maximum Gasteiger partial charge on any atom is 0.495 e. The van der Waals surface area contributed by atoms with Gasteiger partial charge in [-0.15, -0.1) is 0 Å². The number of pyridine rings is 2. The van der Waals surface area contributed by atoms with E-state index in [9.17, 15) is 0 Å². The summed E-state index contributed by atoms with van der Waals surface area (Å²) in [5.41, 5.74) is 1.24. The molecule has 0 aromatic carbocycles. The van der Waals surface area contributed by atoms with E-state index in [1.54, 1.807) is 12.4 Å². The largest absolute Gasteiger partial charge is 0.495 e. The van der Waals surface area contributed by atoms with Crippen LogP contribution in [0.2, 0.25) is 0 Å². The van der Waals surface area contributed by atoms with Crippen LogP contribution < -0.4 is 10.8 Å². The van der Waals surface area contributed by atoms with Crippen LogP contribution in [0, 0.1) is 0 Å². The molecule has 3 rings (SSSR count). The zero-order valence-electron chi connectivity index (χ0n) is 14.0. The molecule has 0 unspecified atom stereocenters. The van der Waals surface area contributed by atoms with Gasteiger partial charge in [0.15, 0.2) is 0 Å². The Labute approximate surface area is 137 Å². The van der Waals surface area contributed by atoms with Crippen LogP contribution >= 0.6 is 0 Å². The number of aromatic nitrogens is 2. The van der Waals surface area contributed by atoms with Crippen LogP contribution in [-0.4, -0.2) is 28.3 Å². The van der Waals surface area contributed by atoms with E-state index in [-0.39, 0.29) is 18.3 Å². The lowest BCUT2D eigenvalue weighted by Gasteiger charge is -2.32. The van der Waals surface area contributed by atoms with Gasteiger partial charge < -0.3 is 14.6 Å². The average molecular weight is 311 g/mol. The summed E-state index contributed by atoms with van der Waals surface area (Å²) in [5, 5.41) is 3.28. The summed E-state index contributed by atoms with van der Waals surface area (Å²) >= 11 is 0. The molecule has 0 aliphatic carbocycles. The Balaban J connectivity index is 1.71. The quantitative estimate of drug-likeness (QED) is 0.879. The molecule has 2 aromatic heterocycles. The summed E-state index contributed by atoms with van der Waals surface area (Å²) in [6.07, 6.45) is 3.55. The highest BCUT2D eigenvalue weighted by Gasteiger charge is 2.51. The van der Waals surface area contributed by atoms with E-state index >= 15 is 0 Å². The Morgan fingerprint density at radius 3 is 2.39 bits per heavy atom. The first kappa shape index (κ1) is 16.0. The second-order valence-electron chi connectivity index (χ2n) is 6.74. The van der Waals surface area contributed by atoms with E-state index in [4.69, 9.17) is 9.31 Å². The predicted molar refractivity (Wildman–Crippen MR) is 91.5 cm³/mol. The highest BCUT2D eigenvalue weighted by atomic mass is 16.7. The Hall–Kier alpha value is -1.92. The summed E-state index contributed by atoms with van der Waals surface area (Å²) in [6.45, 7) is 8.83. The minimum Gasteiger partial charge on any atom is -0.399 e. The van der Waals surface area contributed by atoms with E-state index in [2.05, 4.69) is 43.0 Å². The maximum atomic E-state index is 6.08. The third kappa shape index (κ3) is 3.38. The second kappa shape index (κ2) is 5.94. The Bertz CT molecular complexity index is 661. The second-order valence-corrected chi connectivity index (χ2v) is 6.74. The van der Waals surface area contributed by atoms with Crippen molar-refractivity contribution < 1.29 is 9.31 Å². The summed E-state index contributed by atoms with van der Waals surface area (Å²) in [4.78, 5) is 8.64. The number of nitrogens with one attached hydrogen (secondary N) is 1. The minimum absolute atomic E-state index is 0.345. The van der Waals surface area contributed by atoms with E-state index < -0.39 is 0 Å². The summed E-state index contributed by atoms with van der Waals surface area (Å²) in [6, 6.07) is 9.74. The van der Waals surface area contributed by atoms with E-state index in [1.165, 1.54) is 0 Å². The third-order valence-electron chi connectivity index (χ3n) is 4.49. The summed E-state index contributed by atoms with van der Waals surface area (Å²) in [7, 11) is -0.376. The van der Waals surface area contributed by atoms with Crippen LogP contribution in [-0.2, 0) is 15.9 Å². The summed E-state index contributed by atoms with van der Waals surface area (Å²) < 4.78 is 12.2. The fourth-order valence-corrected chi connectivity index (χ4v) is 2.35. The van der Waals surface area contributed by atoms with Gasteiger partial charge in [-0.3, -0.25) is 4.98 Å². The molecule has 1 saturated heterocycles. The predicted octanol–water partition coefficient (Wildman–Crippen LogP) is 2.39. The molecular formula is C17H22BN3O2. The van der Waals surface area contributed by atoms with Crippen LogP contribution in [0.25, 0.3) is 0 Å². The van der Waals surface area contributed by atoms with E-state index in [0.29, 0.717) is 6.54 Å². The molecule has 0 saturated carbocycles. The van der Waals surface area contributed by atoms with Gasteiger partial charge in [-0.1, -0.05) is 6.07 Å². The van der Waals surface area contributed by atoms with Crippen molar-refractivity contribution in [2.45, 2.75) is 45.4 Å². The van der Waals surface area contributed by atoms with Gasteiger partial charge in [-0.25, -0.2) is 4.98 Å². The lowest BCUT2D eigenvalue weighted by atomic mass is 9.80. The van der Waals surface area contributed by atoms with Crippen molar-refractivity contribution in [3.63, 3.8) is 0 Å². The van der Waals surface area contributed by atoms with Crippen molar-refractivity contribution in [3.8, 4) is 0 Å². The van der Waals surface area contributed by atoms with Crippen molar-refractivity contribution in [1.82, 2.24) is 9.97 Å². The molecule has 1 N–H and O–H groups in total. The molecule has 5 nitrogen and oxygen atoms in total. The molecule has 1 aliphatic heterocycles. The van der Waals surface area contributed by atoms with Crippen LogP contribution in [0.3, 0.4) is 0 Å². The fourth-order valence-electron chi connectivity index (χ4n) is 2.35. The monoisotopic (exact) mass is 311 g/mol. The Morgan fingerprint density at radius 2 is 1.74 bits per heavy atom. The van der Waals surface area contributed by atoms with Crippen molar-refractivity contribution in [2.24, 2.45) is 0 Å². The molecule has 0 bridgehead atoms. The summed E-state index contributed by atoms with van der Waals surface area (Å²) in [5.74, 6) is 0.780. The van der Waals surface area contributed by atoms with Gasteiger partial charge >= 0.3 is 7.12 Å². The lowest BCUT2D eigenvalue weighted by Crippen LogP contribution is -2.41. The first-order valence-corrected chi connectivity index (χ1v) is 7.83. The van der Waals surface area contributed by atoms with Crippen molar-refractivity contribution in [3.05, 3.63) is 48.4 Å². The average Bonchev–Trinajstić information content (AvgIpc) is 2.75. The SMILES string of the molecule is CC1(C)OB(c2ccnc(NCc3ccccn3)c2)OC1(C)C. The van der Waals surface area contributed by atoms with Gasteiger partial charge in [0.2, 0.25) is 0 Å². The normalized spacial score (nSPS) is 18.9. The number of hydrogen-bond donors (Lipinski definition) is 1. The fraction of sp³-hybridized carbons (Fsp3) is 0.412. The highest BCUT2D eigenvalue weighted by molar-refractivity contribution is 6.62. The molecule has 3 heterocycles. The zero-order valence-corrected chi connectivity index (χ0v) is 14.0. The molecule has 120 valence electrons. The molecule has 0 atom stereocenters. The van der Waals surface area contributed by atoms with Crippen LogP contribution in [0.4, 0.5) is 5.82 Å². The first-order valence-electron chi connectivity index (χ1n) is 7.83. The number of nitrogens with zero attached hydrogens (tertiary/aromatic N) is 2. The van der Waals surface area contributed by atoms with Crippen molar-refractivity contribution >= 4 is 18.4 Å². The lowest BCUT2D eigenvalue weighted by molar-refractivity contribution is 0.00578. The van der Waals surface area contributed by atoms with Crippen LogP contribution in [0.1, 0.15) is 33.4 Å². The van der Waals surface area contributed by atoms with Gasteiger partial charge in [0, 0.05) is 12.4 Å². The Kier molecular flexibility index (Phi) is 4.12. The smallest absolute Gasteiger partial charge is 0.399 e. The third-order valence-corrected chi connectivity index (χ3v) is 4.49. The first-order chi connectivity index (χ1) is 10.9. The maximum absolute atomic E-state index is 6.08. The molecule has 1 fully saturated rings. The van der Waals surface area contributed by atoms with Crippen molar-refractivity contribution in [1.29, 1.82) is 0 Å². The minimum atomic E-state index is -0.376. The van der Waals surface area contributed by atoms with Gasteiger partial charge in [0.05, 0.1) is 23.4 Å². The molecule has 1 aliphatic rings. The van der Waals surface area contributed by atoms with E-state index in [1.807, 2.05) is 30.3 Å². The van der Waals surface area contributed by atoms with E-state index in [0.717, 1.165) is 17.0 Å².